The van der Waals surface area contributed by atoms with Crippen LogP contribution in [0.25, 0.3) is 11.2 Å². The summed E-state index contributed by atoms with van der Waals surface area (Å²) in [6.07, 6.45) is 5.81. The summed E-state index contributed by atoms with van der Waals surface area (Å²) < 4.78 is 6.69. The van der Waals surface area contributed by atoms with Crippen LogP contribution in [0.1, 0.15) is 25.7 Å². The monoisotopic (exact) mass is 254 g/mol. The molecule has 0 saturated heterocycles. The lowest BCUT2D eigenvalue weighted by atomic mass is 10.2. The predicted molar refractivity (Wildman–Crippen MR) is 67.5 cm³/mol. The Morgan fingerprint density at radius 1 is 1.29 bits per heavy atom. The number of oxazole rings is 1. The van der Waals surface area contributed by atoms with Gasteiger partial charge in [-0.15, -0.1) is 11.6 Å². The number of aryl methyl sites for hydroxylation is 1. The van der Waals surface area contributed by atoms with Gasteiger partial charge in [-0.2, -0.15) is 0 Å². The quantitative estimate of drug-likeness (QED) is 0.588. The van der Waals surface area contributed by atoms with Crippen LogP contribution in [0.2, 0.25) is 0 Å². The standard InChI is InChI=1S/C12H15ClN2O2/c13-7-3-1-2-4-9-15-11-10(17-12(15)16)6-5-8-14-11/h5-6,8H,1-4,7,9H2. The number of rotatable bonds is 6. The van der Waals surface area contributed by atoms with Gasteiger partial charge < -0.3 is 4.42 Å². The van der Waals surface area contributed by atoms with Crippen LogP contribution in [0.3, 0.4) is 0 Å². The van der Waals surface area contributed by atoms with E-state index in [1.54, 1.807) is 22.9 Å². The second-order valence-electron chi connectivity index (χ2n) is 3.95. The maximum atomic E-state index is 11.6. The number of aromatic nitrogens is 2. The summed E-state index contributed by atoms with van der Waals surface area (Å²) in [6, 6.07) is 3.52. The van der Waals surface area contributed by atoms with E-state index in [1.165, 1.54) is 0 Å². The fraction of sp³-hybridized carbons (Fsp3) is 0.500. The Morgan fingerprint density at radius 2 is 2.12 bits per heavy atom. The van der Waals surface area contributed by atoms with E-state index in [0.29, 0.717) is 23.7 Å². The molecular weight excluding hydrogens is 240 g/mol. The molecule has 17 heavy (non-hydrogen) atoms. The molecule has 0 saturated carbocycles. The van der Waals surface area contributed by atoms with Gasteiger partial charge in [-0.25, -0.2) is 9.78 Å². The van der Waals surface area contributed by atoms with E-state index in [0.717, 1.165) is 25.7 Å². The van der Waals surface area contributed by atoms with E-state index < -0.39 is 0 Å². The van der Waals surface area contributed by atoms with Crippen molar-refractivity contribution >= 4 is 22.8 Å². The average Bonchev–Trinajstić information content (AvgIpc) is 2.65. The second-order valence-corrected chi connectivity index (χ2v) is 4.33. The Kier molecular flexibility index (Phi) is 4.20. The maximum Gasteiger partial charge on any atom is 0.421 e. The van der Waals surface area contributed by atoms with E-state index in [2.05, 4.69) is 4.98 Å². The molecule has 0 aliphatic rings. The Balaban J connectivity index is 2.03. The molecule has 2 aromatic heterocycles. The molecule has 0 aliphatic carbocycles. The number of fused-ring (bicyclic) bond motifs is 1. The second kappa shape index (κ2) is 5.87. The summed E-state index contributed by atoms with van der Waals surface area (Å²) >= 11 is 5.60. The molecule has 4 nitrogen and oxygen atoms in total. The third kappa shape index (κ3) is 2.88. The molecule has 5 heteroatoms. The highest BCUT2D eigenvalue weighted by Gasteiger charge is 2.08. The van der Waals surface area contributed by atoms with Gasteiger partial charge in [0.1, 0.15) is 0 Å². The predicted octanol–water partition coefficient (Wildman–Crippen LogP) is 2.79. The van der Waals surface area contributed by atoms with Crippen molar-refractivity contribution in [2.75, 3.05) is 5.88 Å². The molecule has 92 valence electrons. The van der Waals surface area contributed by atoms with Gasteiger partial charge in [0.25, 0.3) is 0 Å². The van der Waals surface area contributed by atoms with Crippen molar-refractivity contribution in [1.29, 1.82) is 0 Å². The fourth-order valence-corrected chi connectivity index (χ4v) is 2.00. The van der Waals surface area contributed by atoms with E-state index >= 15 is 0 Å². The first-order valence-corrected chi connectivity index (χ1v) is 6.36. The average molecular weight is 255 g/mol. The summed E-state index contributed by atoms with van der Waals surface area (Å²) in [4.78, 5) is 15.8. The van der Waals surface area contributed by atoms with Gasteiger partial charge in [0, 0.05) is 18.6 Å². The molecule has 0 atom stereocenters. The highest BCUT2D eigenvalue weighted by molar-refractivity contribution is 6.17. The molecule has 0 amide bonds. The molecule has 2 rings (SSSR count). The van der Waals surface area contributed by atoms with Gasteiger partial charge >= 0.3 is 5.76 Å². The van der Waals surface area contributed by atoms with Gasteiger partial charge in [0.2, 0.25) is 0 Å². The molecule has 0 bridgehead atoms. The third-order valence-corrected chi connectivity index (χ3v) is 2.96. The van der Waals surface area contributed by atoms with Crippen LogP contribution in [-0.2, 0) is 6.54 Å². The zero-order valence-corrected chi connectivity index (χ0v) is 10.3. The summed E-state index contributed by atoms with van der Waals surface area (Å²) in [6.45, 7) is 0.658. The molecule has 0 radical (unpaired) electrons. The van der Waals surface area contributed by atoms with Crippen LogP contribution in [0.5, 0.6) is 0 Å². The van der Waals surface area contributed by atoms with E-state index in [4.69, 9.17) is 16.0 Å². The van der Waals surface area contributed by atoms with Crippen LogP contribution in [0.15, 0.2) is 27.5 Å². The lowest BCUT2D eigenvalue weighted by Gasteiger charge is -2.00. The molecular formula is C12H15ClN2O2. The minimum atomic E-state index is -0.323. The fourth-order valence-electron chi connectivity index (χ4n) is 1.82. The first-order chi connectivity index (χ1) is 8.33. The van der Waals surface area contributed by atoms with Crippen molar-refractivity contribution in [2.24, 2.45) is 0 Å². The molecule has 0 unspecified atom stereocenters. The summed E-state index contributed by atoms with van der Waals surface area (Å²) in [5.74, 6) is 0.381. The number of pyridine rings is 1. The van der Waals surface area contributed by atoms with Gasteiger partial charge in [0.15, 0.2) is 11.2 Å². The summed E-state index contributed by atoms with van der Waals surface area (Å²) in [7, 11) is 0. The van der Waals surface area contributed by atoms with Gasteiger partial charge in [-0.05, 0) is 25.0 Å². The zero-order valence-electron chi connectivity index (χ0n) is 9.56. The number of alkyl halides is 1. The van der Waals surface area contributed by atoms with Crippen molar-refractivity contribution in [2.45, 2.75) is 32.2 Å². The van der Waals surface area contributed by atoms with Crippen LogP contribution >= 0.6 is 11.6 Å². The van der Waals surface area contributed by atoms with Crippen molar-refractivity contribution in [1.82, 2.24) is 9.55 Å². The normalized spacial score (nSPS) is 11.1. The molecule has 0 fully saturated rings. The number of unbranched alkanes of at least 4 members (excludes halogenated alkanes) is 3. The largest absolute Gasteiger partial charge is 0.421 e. The molecule has 0 aliphatic heterocycles. The van der Waals surface area contributed by atoms with Crippen LogP contribution in [0.4, 0.5) is 0 Å². The zero-order chi connectivity index (χ0) is 12.1. The van der Waals surface area contributed by atoms with Crippen LogP contribution in [-0.4, -0.2) is 15.4 Å². The Hall–Kier alpha value is -1.29. The summed E-state index contributed by atoms with van der Waals surface area (Å²) in [5.41, 5.74) is 1.19. The third-order valence-electron chi connectivity index (χ3n) is 2.69. The highest BCUT2D eigenvalue weighted by Crippen LogP contribution is 2.10. The Morgan fingerprint density at radius 3 is 2.94 bits per heavy atom. The summed E-state index contributed by atoms with van der Waals surface area (Å²) in [5, 5.41) is 0. The van der Waals surface area contributed by atoms with Gasteiger partial charge in [-0.3, -0.25) is 4.57 Å². The maximum absolute atomic E-state index is 11.6. The highest BCUT2D eigenvalue weighted by atomic mass is 35.5. The lowest BCUT2D eigenvalue weighted by Crippen LogP contribution is -2.14. The molecule has 0 N–H and O–H groups in total. The number of halogens is 1. The lowest BCUT2D eigenvalue weighted by molar-refractivity contribution is 0.488. The van der Waals surface area contributed by atoms with Crippen molar-refractivity contribution < 1.29 is 4.42 Å². The molecule has 0 spiro atoms. The molecule has 2 aromatic rings. The van der Waals surface area contributed by atoms with E-state index in [1.807, 2.05) is 0 Å². The van der Waals surface area contributed by atoms with E-state index in [9.17, 15) is 4.79 Å². The SMILES string of the molecule is O=c1oc2cccnc2n1CCCCCCCl. The first kappa shape index (κ1) is 12.2. The topological polar surface area (TPSA) is 48.0 Å². The van der Waals surface area contributed by atoms with Crippen LogP contribution in [0, 0.1) is 0 Å². The first-order valence-electron chi connectivity index (χ1n) is 5.83. The van der Waals surface area contributed by atoms with Crippen molar-refractivity contribution in [3.05, 3.63) is 28.9 Å². The van der Waals surface area contributed by atoms with Crippen molar-refractivity contribution in [3.8, 4) is 0 Å². The molecule has 0 aromatic carbocycles. The Bertz CT molecular complexity index is 533. The minimum absolute atomic E-state index is 0.323. The van der Waals surface area contributed by atoms with Crippen LogP contribution < -0.4 is 5.76 Å². The van der Waals surface area contributed by atoms with Crippen molar-refractivity contribution in [3.63, 3.8) is 0 Å². The van der Waals surface area contributed by atoms with Gasteiger partial charge in [-0.1, -0.05) is 12.8 Å². The Labute approximate surface area is 104 Å². The smallest absolute Gasteiger partial charge is 0.406 e. The van der Waals surface area contributed by atoms with Gasteiger partial charge in [0.05, 0.1) is 0 Å². The van der Waals surface area contributed by atoms with E-state index in [-0.39, 0.29) is 5.76 Å². The minimum Gasteiger partial charge on any atom is -0.406 e. The number of nitrogens with zero attached hydrogens (tertiary/aromatic N) is 2. The molecule has 2 heterocycles. The number of hydrogen-bond donors (Lipinski definition) is 0. The number of hydrogen-bond acceptors (Lipinski definition) is 3.